The zero-order valence-electron chi connectivity index (χ0n) is 14.1. The molecule has 26 heavy (non-hydrogen) atoms. The maximum absolute atomic E-state index is 13.8. The predicted octanol–water partition coefficient (Wildman–Crippen LogP) is 3.02. The van der Waals surface area contributed by atoms with Crippen molar-refractivity contribution in [2.45, 2.75) is 13.0 Å². The number of carbonyl (C=O) groups excluding carboxylic acids is 1. The van der Waals surface area contributed by atoms with Crippen molar-refractivity contribution in [3.63, 3.8) is 0 Å². The minimum Gasteiger partial charge on any atom is -0.487 e. The molecule has 5 nitrogen and oxygen atoms in total. The van der Waals surface area contributed by atoms with E-state index < -0.39 is 11.6 Å². The van der Waals surface area contributed by atoms with Crippen LogP contribution in [0.25, 0.3) is 5.69 Å². The molecule has 3 rings (SSSR count). The SMILES string of the molecule is CNC(=O)Cc1cccc(OCc2ccn(-c3ccc(F)cc3F)n2)c1. The number of likely N-dealkylation sites (N-methyl/N-ethyl adjacent to an activating group) is 1. The molecule has 134 valence electrons. The number of nitrogens with one attached hydrogen (secondary N) is 1. The summed E-state index contributed by atoms with van der Waals surface area (Å²) < 4.78 is 33.8. The van der Waals surface area contributed by atoms with Gasteiger partial charge < -0.3 is 10.1 Å². The lowest BCUT2D eigenvalue weighted by atomic mass is 10.1. The highest BCUT2D eigenvalue weighted by molar-refractivity contribution is 5.78. The standard InChI is InChI=1S/C19H17F2N3O2/c1-22-19(25)10-13-3-2-4-16(9-13)26-12-15-7-8-24(23-15)18-6-5-14(20)11-17(18)21/h2-9,11H,10,12H2,1H3,(H,22,25). The van der Waals surface area contributed by atoms with E-state index in [9.17, 15) is 13.6 Å². The molecule has 0 aliphatic rings. The Morgan fingerprint density at radius 1 is 1.19 bits per heavy atom. The number of carbonyl (C=O) groups is 1. The van der Waals surface area contributed by atoms with Crippen molar-refractivity contribution in [3.05, 3.63) is 77.6 Å². The molecule has 0 fully saturated rings. The number of hydrogen-bond donors (Lipinski definition) is 1. The summed E-state index contributed by atoms with van der Waals surface area (Å²) in [4.78, 5) is 11.4. The maximum Gasteiger partial charge on any atom is 0.224 e. The van der Waals surface area contributed by atoms with Crippen LogP contribution in [0.1, 0.15) is 11.3 Å². The van der Waals surface area contributed by atoms with Crippen molar-refractivity contribution in [3.8, 4) is 11.4 Å². The minimum atomic E-state index is -0.692. The summed E-state index contributed by atoms with van der Waals surface area (Å²) in [7, 11) is 1.59. The number of rotatable bonds is 6. The Morgan fingerprint density at radius 2 is 2.04 bits per heavy atom. The molecule has 2 aromatic carbocycles. The van der Waals surface area contributed by atoms with Gasteiger partial charge in [-0.15, -0.1) is 0 Å². The smallest absolute Gasteiger partial charge is 0.224 e. The van der Waals surface area contributed by atoms with Crippen LogP contribution in [-0.2, 0) is 17.8 Å². The molecule has 0 atom stereocenters. The third kappa shape index (κ3) is 4.24. The third-order valence-corrected chi connectivity index (χ3v) is 3.73. The predicted molar refractivity (Wildman–Crippen MR) is 92.0 cm³/mol. The number of ether oxygens (including phenoxy) is 1. The van der Waals surface area contributed by atoms with Crippen molar-refractivity contribution >= 4 is 5.91 Å². The Bertz CT molecular complexity index is 925. The van der Waals surface area contributed by atoms with Gasteiger partial charge >= 0.3 is 0 Å². The van der Waals surface area contributed by atoms with E-state index in [1.807, 2.05) is 6.07 Å². The summed E-state index contributed by atoms with van der Waals surface area (Å²) >= 11 is 0. The highest BCUT2D eigenvalue weighted by Gasteiger charge is 2.09. The first-order chi connectivity index (χ1) is 12.5. The highest BCUT2D eigenvalue weighted by atomic mass is 19.1. The zero-order valence-corrected chi connectivity index (χ0v) is 14.1. The van der Waals surface area contributed by atoms with E-state index in [-0.39, 0.29) is 24.6 Å². The molecule has 1 heterocycles. The number of hydrogen-bond acceptors (Lipinski definition) is 3. The minimum absolute atomic E-state index is 0.0813. The average Bonchev–Trinajstić information content (AvgIpc) is 3.09. The number of nitrogens with zero attached hydrogens (tertiary/aromatic N) is 2. The Labute approximate surface area is 149 Å². The molecular weight excluding hydrogens is 340 g/mol. The highest BCUT2D eigenvalue weighted by Crippen LogP contribution is 2.17. The van der Waals surface area contributed by atoms with Gasteiger partial charge in [-0.1, -0.05) is 12.1 Å². The maximum atomic E-state index is 13.8. The number of amides is 1. The molecule has 0 radical (unpaired) electrons. The summed E-state index contributed by atoms with van der Waals surface area (Å²) in [5, 5.41) is 6.81. The van der Waals surface area contributed by atoms with Crippen LogP contribution in [-0.4, -0.2) is 22.7 Å². The van der Waals surface area contributed by atoms with Gasteiger partial charge in [0.2, 0.25) is 5.91 Å². The van der Waals surface area contributed by atoms with E-state index >= 15 is 0 Å². The van der Waals surface area contributed by atoms with E-state index in [4.69, 9.17) is 4.74 Å². The summed E-state index contributed by atoms with van der Waals surface area (Å²) in [6.45, 7) is 0.180. The van der Waals surface area contributed by atoms with E-state index in [1.54, 1.807) is 37.5 Å². The monoisotopic (exact) mass is 357 g/mol. The van der Waals surface area contributed by atoms with Crippen LogP contribution in [0.3, 0.4) is 0 Å². The summed E-state index contributed by atoms with van der Waals surface area (Å²) in [6, 6.07) is 12.2. The molecule has 0 spiro atoms. The third-order valence-electron chi connectivity index (χ3n) is 3.73. The fourth-order valence-corrected chi connectivity index (χ4v) is 2.42. The molecule has 3 aromatic rings. The fraction of sp³-hybridized carbons (Fsp3) is 0.158. The summed E-state index contributed by atoms with van der Waals surface area (Å²) in [6.07, 6.45) is 1.85. The van der Waals surface area contributed by atoms with Crippen LogP contribution in [0, 0.1) is 11.6 Å². The van der Waals surface area contributed by atoms with E-state index in [1.165, 1.54) is 16.8 Å². The first-order valence-corrected chi connectivity index (χ1v) is 7.97. The second-order valence-corrected chi connectivity index (χ2v) is 5.63. The van der Waals surface area contributed by atoms with Gasteiger partial charge in [-0.25, -0.2) is 13.5 Å². The fourth-order valence-electron chi connectivity index (χ4n) is 2.42. The van der Waals surface area contributed by atoms with Gasteiger partial charge in [0.05, 0.1) is 6.42 Å². The second-order valence-electron chi connectivity index (χ2n) is 5.63. The van der Waals surface area contributed by atoms with Crippen LogP contribution < -0.4 is 10.1 Å². The molecule has 0 saturated carbocycles. The van der Waals surface area contributed by atoms with Gasteiger partial charge in [0, 0.05) is 19.3 Å². The lowest BCUT2D eigenvalue weighted by Gasteiger charge is -2.07. The Hall–Kier alpha value is -3.22. The molecular formula is C19H17F2N3O2. The first kappa shape index (κ1) is 17.6. The van der Waals surface area contributed by atoms with Crippen LogP contribution in [0.2, 0.25) is 0 Å². The van der Waals surface area contributed by atoms with Crippen molar-refractivity contribution in [2.75, 3.05) is 7.05 Å². The normalized spacial score (nSPS) is 10.6. The molecule has 0 saturated heterocycles. The molecule has 0 aliphatic heterocycles. The summed E-state index contributed by atoms with van der Waals surface area (Å²) in [5.41, 5.74) is 1.58. The van der Waals surface area contributed by atoms with E-state index in [0.717, 1.165) is 11.6 Å². The molecule has 1 aromatic heterocycles. The largest absolute Gasteiger partial charge is 0.487 e. The Balaban J connectivity index is 1.67. The number of benzene rings is 2. The molecule has 1 amide bonds. The van der Waals surface area contributed by atoms with Crippen molar-refractivity contribution in [2.24, 2.45) is 0 Å². The van der Waals surface area contributed by atoms with Crippen molar-refractivity contribution < 1.29 is 18.3 Å². The topological polar surface area (TPSA) is 56.1 Å². The molecule has 0 bridgehead atoms. The molecule has 7 heteroatoms. The number of halogens is 2. The lowest BCUT2D eigenvalue weighted by Crippen LogP contribution is -2.19. The van der Waals surface area contributed by atoms with E-state index in [0.29, 0.717) is 11.4 Å². The number of aromatic nitrogens is 2. The average molecular weight is 357 g/mol. The molecule has 0 unspecified atom stereocenters. The van der Waals surface area contributed by atoms with Crippen LogP contribution in [0.4, 0.5) is 8.78 Å². The molecule has 1 N–H and O–H groups in total. The van der Waals surface area contributed by atoms with Gasteiger partial charge in [0.25, 0.3) is 0 Å². The first-order valence-electron chi connectivity index (χ1n) is 7.97. The Kier molecular flexibility index (Phi) is 5.26. The van der Waals surface area contributed by atoms with Gasteiger partial charge in [-0.3, -0.25) is 4.79 Å². The lowest BCUT2D eigenvalue weighted by molar-refractivity contribution is -0.119. The second kappa shape index (κ2) is 7.77. The van der Waals surface area contributed by atoms with E-state index in [2.05, 4.69) is 10.4 Å². The molecule has 0 aliphatic carbocycles. The van der Waals surface area contributed by atoms with Gasteiger partial charge in [-0.05, 0) is 35.9 Å². The van der Waals surface area contributed by atoms with Gasteiger partial charge in [0.15, 0.2) is 5.82 Å². The van der Waals surface area contributed by atoms with Crippen LogP contribution in [0.5, 0.6) is 5.75 Å². The van der Waals surface area contributed by atoms with Crippen LogP contribution in [0.15, 0.2) is 54.7 Å². The van der Waals surface area contributed by atoms with Gasteiger partial charge in [-0.2, -0.15) is 5.10 Å². The van der Waals surface area contributed by atoms with Crippen molar-refractivity contribution in [1.82, 2.24) is 15.1 Å². The van der Waals surface area contributed by atoms with Crippen LogP contribution >= 0.6 is 0 Å². The zero-order chi connectivity index (χ0) is 18.5. The van der Waals surface area contributed by atoms with Crippen molar-refractivity contribution in [1.29, 1.82) is 0 Å². The quantitative estimate of drug-likeness (QED) is 0.738. The summed E-state index contributed by atoms with van der Waals surface area (Å²) in [5.74, 6) is -0.808. The Morgan fingerprint density at radius 3 is 2.81 bits per heavy atom. The van der Waals surface area contributed by atoms with Gasteiger partial charge in [0.1, 0.15) is 29.6 Å².